The van der Waals surface area contributed by atoms with Crippen molar-refractivity contribution in [3.05, 3.63) is 36.9 Å². The number of benzene rings is 1. The number of nitrogens with one attached hydrogen (secondary N) is 1. The van der Waals surface area contributed by atoms with Crippen LogP contribution in [0.5, 0.6) is 5.75 Å². The summed E-state index contributed by atoms with van der Waals surface area (Å²) in [4.78, 5) is 23.1. The molecule has 1 amide bonds. The van der Waals surface area contributed by atoms with Crippen LogP contribution in [0.3, 0.4) is 0 Å². The number of amides is 1. The van der Waals surface area contributed by atoms with Crippen LogP contribution < -0.4 is 15.8 Å². The van der Waals surface area contributed by atoms with Gasteiger partial charge in [-0.15, -0.1) is 12.4 Å². The third-order valence-electron chi connectivity index (χ3n) is 3.45. The zero-order valence-electron chi connectivity index (χ0n) is 11.6. The fraction of sp³-hybridized carbons (Fsp3) is 0.333. The van der Waals surface area contributed by atoms with Crippen LogP contribution >= 0.6 is 12.4 Å². The van der Waals surface area contributed by atoms with E-state index in [1.54, 1.807) is 24.3 Å². The Kier molecular flexibility index (Phi) is 5.93. The lowest BCUT2D eigenvalue weighted by Gasteiger charge is -2.22. The smallest absolute Gasteiger partial charge is 0.335 e. The van der Waals surface area contributed by atoms with E-state index in [9.17, 15) is 9.59 Å². The van der Waals surface area contributed by atoms with Crippen molar-refractivity contribution in [3.8, 4) is 5.75 Å². The van der Waals surface area contributed by atoms with E-state index in [1.165, 1.54) is 0 Å². The zero-order valence-corrected chi connectivity index (χ0v) is 12.4. The van der Waals surface area contributed by atoms with Gasteiger partial charge in [0, 0.05) is 11.8 Å². The Labute approximate surface area is 129 Å². The van der Waals surface area contributed by atoms with Gasteiger partial charge in [0.1, 0.15) is 5.75 Å². The van der Waals surface area contributed by atoms with Gasteiger partial charge in [0.05, 0.1) is 5.54 Å². The number of nitrogens with two attached hydrogens (primary N) is 1. The monoisotopic (exact) mass is 310 g/mol. The van der Waals surface area contributed by atoms with Gasteiger partial charge >= 0.3 is 5.97 Å². The number of ether oxygens (including phenoxy) is 1. The number of halogens is 1. The van der Waals surface area contributed by atoms with Crippen molar-refractivity contribution in [1.82, 2.24) is 0 Å². The molecule has 0 aromatic heterocycles. The number of carbonyl (C=O) groups is 2. The van der Waals surface area contributed by atoms with Crippen molar-refractivity contribution in [2.45, 2.75) is 31.2 Å². The number of hydrogen-bond acceptors (Lipinski definition) is 4. The van der Waals surface area contributed by atoms with Crippen molar-refractivity contribution in [2.24, 2.45) is 5.73 Å². The molecule has 114 valence electrons. The van der Waals surface area contributed by atoms with Crippen molar-refractivity contribution < 1.29 is 14.3 Å². The molecule has 1 fully saturated rings. The molecular weight excluding hydrogens is 292 g/mol. The van der Waals surface area contributed by atoms with Gasteiger partial charge in [-0.1, -0.05) is 19.4 Å². The summed E-state index contributed by atoms with van der Waals surface area (Å²) in [5, 5.41) is 2.79. The number of esters is 1. The number of anilines is 1. The van der Waals surface area contributed by atoms with Gasteiger partial charge in [-0.2, -0.15) is 0 Å². The molecule has 1 aromatic rings. The Balaban J connectivity index is 0.00000220. The van der Waals surface area contributed by atoms with Crippen LogP contribution in [0.25, 0.3) is 0 Å². The summed E-state index contributed by atoms with van der Waals surface area (Å²) in [5.74, 6) is -0.282. The molecule has 3 N–H and O–H groups in total. The maximum Gasteiger partial charge on any atom is 0.335 e. The molecule has 1 aromatic carbocycles. The van der Waals surface area contributed by atoms with E-state index < -0.39 is 11.5 Å². The molecule has 0 aliphatic heterocycles. The summed E-state index contributed by atoms with van der Waals surface area (Å²) in [6.45, 7) is 3.32. The first-order valence-corrected chi connectivity index (χ1v) is 6.58. The van der Waals surface area contributed by atoms with Crippen LogP contribution in [0.2, 0.25) is 0 Å². The highest BCUT2D eigenvalue weighted by Gasteiger charge is 2.36. The zero-order chi connectivity index (χ0) is 14.6. The molecule has 0 bridgehead atoms. The molecule has 0 unspecified atom stereocenters. The van der Waals surface area contributed by atoms with Gasteiger partial charge in [0.25, 0.3) is 0 Å². The lowest BCUT2D eigenvalue weighted by Crippen LogP contribution is -2.48. The Hall–Kier alpha value is -1.85. The van der Waals surface area contributed by atoms with E-state index >= 15 is 0 Å². The first-order chi connectivity index (χ1) is 9.53. The number of carbonyl (C=O) groups excluding carboxylic acids is 2. The van der Waals surface area contributed by atoms with E-state index in [2.05, 4.69) is 11.9 Å². The maximum atomic E-state index is 12.1. The van der Waals surface area contributed by atoms with Crippen molar-refractivity contribution in [1.29, 1.82) is 0 Å². The van der Waals surface area contributed by atoms with Crippen LogP contribution in [-0.4, -0.2) is 17.4 Å². The fourth-order valence-electron chi connectivity index (χ4n) is 2.25. The van der Waals surface area contributed by atoms with Gasteiger partial charge in [-0.3, -0.25) is 4.79 Å². The lowest BCUT2D eigenvalue weighted by molar-refractivity contribution is -0.129. The highest BCUT2D eigenvalue weighted by molar-refractivity contribution is 5.98. The minimum Gasteiger partial charge on any atom is -0.423 e. The van der Waals surface area contributed by atoms with Crippen LogP contribution in [0.15, 0.2) is 36.9 Å². The predicted octanol–water partition coefficient (Wildman–Crippen LogP) is 2.41. The van der Waals surface area contributed by atoms with E-state index in [-0.39, 0.29) is 18.3 Å². The van der Waals surface area contributed by atoms with Crippen LogP contribution in [0.4, 0.5) is 5.69 Å². The SMILES string of the molecule is C=CC(=O)Oc1ccc(NC(=O)C2(N)CCCC2)cc1.Cl. The molecule has 5 nitrogen and oxygen atoms in total. The Morgan fingerprint density at radius 3 is 2.33 bits per heavy atom. The molecule has 6 heteroatoms. The molecule has 1 saturated carbocycles. The molecule has 1 aliphatic rings. The topological polar surface area (TPSA) is 81.4 Å². The van der Waals surface area contributed by atoms with Gasteiger partial charge in [0.15, 0.2) is 0 Å². The number of hydrogen-bond donors (Lipinski definition) is 2. The average molecular weight is 311 g/mol. The lowest BCUT2D eigenvalue weighted by atomic mass is 9.98. The van der Waals surface area contributed by atoms with Crippen molar-refractivity contribution in [2.75, 3.05) is 5.32 Å². The third-order valence-corrected chi connectivity index (χ3v) is 3.45. The minimum absolute atomic E-state index is 0. The van der Waals surface area contributed by atoms with Crippen LogP contribution in [-0.2, 0) is 9.59 Å². The standard InChI is InChI=1S/C15H18N2O3.ClH/c1-2-13(18)20-12-7-5-11(6-8-12)17-14(19)15(16)9-3-4-10-15;/h2,5-8H,1,3-4,9-10,16H2,(H,17,19);1H. The largest absolute Gasteiger partial charge is 0.423 e. The van der Waals surface area contributed by atoms with Gasteiger partial charge in [-0.25, -0.2) is 4.79 Å². The highest BCUT2D eigenvalue weighted by atomic mass is 35.5. The average Bonchev–Trinajstić information content (AvgIpc) is 2.89. The van der Waals surface area contributed by atoms with Crippen molar-refractivity contribution in [3.63, 3.8) is 0 Å². The van der Waals surface area contributed by atoms with E-state index in [4.69, 9.17) is 10.5 Å². The molecule has 1 aliphatic carbocycles. The summed E-state index contributed by atoms with van der Waals surface area (Å²) < 4.78 is 4.95. The molecule has 0 radical (unpaired) electrons. The van der Waals surface area contributed by atoms with Crippen LogP contribution in [0.1, 0.15) is 25.7 Å². The first-order valence-electron chi connectivity index (χ1n) is 6.58. The molecule has 0 saturated heterocycles. The molecule has 0 heterocycles. The Bertz CT molecular complexity index is 522. The summed E-state index contributed by atoms with van der Waals surface area (Å²) in [6.07, 6.45) is 4.50. The second kappa shape index (κ2) is 7.24. The molecule has 0 spiro atoms. The summed E-state index contributed by atoms with van der Waals surface area (Å²) in [6, 6.07) is 6.55. The Morgan fingerprint density at radius 2 is 1.81 bits per heavy atom. The third kappa shape index (κ3) is 4.31. The summed E-state index contributed by atoms with van der Waals surface area (Å²) >= 11 is 0. The van der Waals surface area contributed by atoms with Gasteiger partial charge < -0.3 is 15.8 Å². The quantitative estimate of drug-likeness (QED) is 0.508. The van der Waals surface area contributed by atoms with Crippen molar-refractivity contribution >= 4 is 30.0 Å². The van der Waals surface area contributed by atoms with E-state index in [0.717, 1.165) is 18.9 Å². The number of rotatable bonds is 4. The second-order valence-corrected chi connectivity index (χ2v) is 4.97. The molecule has 0 atom stereocenters. The highest BCUT2D eigenvalue weighted by Crippen LogP contribution is 2.28. The van der Waals surface area contributed by atoms with E-state index in [1.807, 2.05) is 0 Å². The maximum absolute atomic E-state index is 12.1. The van der Waals surface area contributed by atoms with Gasteiger partial charge in [-0.05, 0) is 37.1 Å². The van der Waals surface area contributed by atoms with E-state index in [0.29, 0.717) is 24.3 Å². The molecule has 2 rings (SSSR count). The fourth-order valence-corrected chi connectivity index (χ4v) is 2.25. The molecule has 21 heavy (non-hydrogen) atoms. The van der Waals surface area contributed by atoms with Gasteiger partial charge in [0.2, 0.25) is 5.91 Å². The normalized spacial score (nSPS) is 15.7. The second-order valence-electron chi connectivity index (χ2n) is 4.97. The summed E-state index contributed by atoms with van der Waals surface area (Å²) in [5.41, 5.74) is 5.95. The summed E-state index contributed by atoms with van der Waals surface area (Å²) in [7, 11) is 0. The first kappa shape index (κ1) is 17.2. The minimum atomic E-state index is -0.756. The Morgan fingerprint density at radius 1 is 1.24 bits per heavy atom. The van der Waals surface area contributed by atoms with Crippen LogP contribution in [0, 0.1) is 0 Å². The molecular formula is C15H19ClN2O3. The predicted molar refractivity (Wildman–Crippen MR) is 83.5 cm³/mol.